The minimum absolute atomic E-state index is 0.136. The van der Waals surface area contributed by atoms with Gasteiger partial charge in [-0.25, -0.2) is 4.98 Å². The molecule has 28 heavy (non-hydrogen) atoms. The molecule has 1 aromatic heterocycles. The fourth-order valence-corrected chi connectivity index (χ4v) is 2.25. The summed E-state index contributed by atoms with van der Waals surface area (Å²) in [6.07, 6.45) is -1.59. The molecule has 4 nitrogen and oxygen atoms in total. The topological polar surface area (TPSA) is 40.6 Å². The average molecular weight is 436 g/mol. The summed E-state index contributed by atoms with van der Waals surface area (Å²) in [5, 5.41) is 0. The zero-order chi connectivity index (χ0) is 20.6. The molecule has 0 radical (unpaired) electrons. The predicted molar refractivity (Wildman–Crippen MR) is 101 cm³/mol. The Hall–Kier alpha value is -2.12. The normalized spacial score (nSPS) is 11.1. The minimum Gasteiger partial charge on any atom is -0.493 e. The first kappa shape index (κ1) is 22.2. The van der Waals surface area contributed by atoms with E-state index >= 15 is 0 Å². The quantitative estimate of drug-likeness (QED) is 0.456. The van der Waals surface area contributed by atoms with Crippen molar-refractivity contribution in [2.45, 2.75) is 19.5 Å². The van der Waals surface area contributed by atoms with Gasteiger partial charge in [-0.3, -0.25) is 0 Å². The summed E-state index contributed by atoms with van der Waals surface area (Å²) in [6, 6.07) is 7.51. The highest BCUT2D eigenvalue weighted by Crippen LogP contribution is 2.29. The van der Waals surface area contributed by atoms with Gasteiger partial charge in [-0.2, -0.15) is 13.2 Å². The Kier molecular flexibility index (Phi) is 8.26. The molecular weight excluding hydrogens is 418 g/mol. The molecule has 0 saturated carbocycles. The molecule has 0 N–H and O–H groups in total. The first-order valence-corrected chi connectivity index (χ1v) is 9.05. The van der Waals surface area contributed by atoms with Gasteiger partial charge in [0.2, 0.25) is 5.88 Å². The van der Waals surface area contributed by atoms with E-state index in [1.54, 1.807) is 12.1 Å². The molecule has 0 amide bonds. The Morgan fingerprint density at radius 1 is 1.07 bits per heavy atom. The second kappa shape index (κ2) is 10.4. The molecule has 0 saturated heterocycles. The van der Waals surface area contributed by atoms with Crippen molar-refractivity contribution in [2.75, 3.05) is 19.8 Å². The van der Waals surface area contributed by atoms with Crippen molar-refractivity contribution < 1.29 is 27.4 Å². The van der Waals surface area contributed by atoms with Gasteiger partial charge in [-0.1, -0.05) is 23.2 Å². The fourth-order valence-electron chi connectivity index (χ4n) is 2.13. The van der Waals surface area contributed by atoms with Crippen molar-refractivity contribution in [3.8, 4) is 17.4 Å². The number of aromatic nitrogens is 1. The second-order valence-corrected chi connectivity index (χ2v) is 6.67. The van der Waals surface area contributed by atoms with Gasteiger partial charge in [0, 0.05) is 18.7 Å². The number of halogens is 5. The molecule has 2 rings (SSSR count). The molecule has 1 heterocycles. The number of alkyl halides is 3. The van der Waals surface area contributed by atoms with Crippen LogP contribution < -0.4 is 14.2 Å². The Bertz CT molecular complexity index is 792. The number of aryl methyl sites for hydroxylation is 1. The minimum atomic E-state index is -4.41. The molecule has 0 atom stereocenters. The first-order chi connectivity index (χ1) is 13.3. The van der Waals surface area contributed by atoms with Crippen molar-refractivity contribution in [3.63, 3.8) is 0 Å². The summed E-state index contributed by atoms with van der Waals surface area (Å²) in [4.78, 5) is 3.64. The monoisotopic (exact) mass is 435 g/mol. The van der Waals surface area contributed by atoms with Crippen LogP contribution in [-0.4, -0.2) is 24.8 Å². The summed E-state index contributed by atoms with van der Waals surface area (Å²) in [7, 11) is 0. The Morgan fingerprint density at radius 2 is 1.82 bits per heavy atom. The van der Waals surface area contributed by atoms with E-state index in [9.17, 15) is 13.2 Å². The number of pyridine rings is 1. The molecule has 0 unspecified atom stereocenters. The maximum atomic E-state index is 12.5. The molecule has 2 aromatic rings. The van der Waals surface area contributed by atoms with E-state index in [0.29, 0.717) is 24.5 Å². The third-order valence-corrected chi connectivity index (χ3v) is 3.80. The smallest absolute Gasteiger partial charge is 0.417 e. The molecule has 152 valence electrons. The summed E-state index contributed by atoms with van der Waals surface area (Å²) in [5.41, 5.74) is 0.0802. The summed E-state index contributed by atoms with van der Waals surface area (Å²) >= 11 is 11.0. The van der Waals surface area contributed by atoms with Gasteiger partial charge in [0.15, 0.2) is 0 Å². The molecule has 0 aliphatic rings. The lowest BCUT2D eigenvalue weighted by atomic mass is 10.2. The van der Waals surface area contributed by atoms with Crippen molar-refractivity contribution in [1.82, 2.24) is 4.98 Å². The van der Waals surface area contributed by atoms with Crippen LogP contribution in [0.5, 0.6) is 17.4 Å². The molecule has 0 aliphatic carbocycles. The van der Waals surface area contributed by atoms with Crippen LogP contribution in [-0.2, 0) is 6.18 Å². The number of nitrogens with zero attached hydrogens (tertiary/aromatic N) is 1. The number of benzene rings is 1. The summed E-state index contributed by atoms with van der Waals surface area (Å²) < 4.78 is 54.0. The molecule has 0 fully saturated rings. The van der Waals surface area contributed by atoms with E-state index < -0.39 is 11.7 Å². The maximum absolute atomic E-state index is 12.5. The summed E-state index contributed by atoms with van der Waals surface area (Å²) in [6.45, 7) is 2.79. The van der Waals surface area contributed by atoms with Crippen LogP contribution >= 0.6 is 23.2 Å². The van der Waals surface area contributed by atoms with Gasteiger partial charge in [0.25, 0.3) is 0 Å². The number of hydrogen-bond donors (Lipinski definition) is 0. The third-order valence-electron chi connectivity index (χ3n) is 3.49. The van der Waals surface area contributed by atoms with Gasteiger partial charge < -0.3 is 14.2 Å². The largest absolute Gasteiger partial charge is 0.493 e. The van der Waals surface area contributed by atoms with Crippen molar-refractivity contribution >= 4 is 23.2 Å². The van der Waals surface area contributed by atoms with Gasteiger partial charge in [0.1, 0.15) is 22.6 Å². The zero-order valence-corrected chi connectivity index (χ0v) is 16.4. The van der Waals surface area contributed by atoms with Gasteiger partial charge in [-0.15, -0.1) is 0 Å². The molecule has 0 spiro atoms. The van der Waals surface area contributed by atoms with E-state index in [-0.39, 0.29) is 23.6 Å². The molecule has 1 aromatic carbocycles. The van der Waals surface area contributed by atoms with E-state index in [4.69, 9.17) is 37.4 Å². The van der Waals surface area contributed by atoms with Crippen LogP contribution in [0, 0.1) is 6.92 Å². The lowest BCUT2D eigenvalue weighted by Crippen LogP contribution is -2.08. The van der Waals surface area contributed by atoms with Crippen molar-refractivity contribution in [2.24, 2.45) is 0 Å². The SMILES string of the molecule is Cc1cc(OCC=C(Cl)Cl)ccc1OCCCOc1ccc(C(F)(F)F)cn1. The third kappa shape index (κ3) is 7.48. The number of rotatable bonds is 9. The van der Waals surface area contributed by atoms with Crippen LogP contribution in [0.25, 0.3) is 0 Å². The molecule has 0 bridgehead atoms. The van der Waals surface area contributed by atoms with Gasteiger partial charge in [-0.05, 0) is 42.8 Å². The molecule has 9 heteroatoms. The van der Waals surface area contributed by atoms with Crippen molar-refractivity contribution in [3.05, 3.63) is 58.2 Å². The van der Waals surface area contributed by atoms with Crippen LogP contribution in [0.15, 0.2) is 47.1 Å². The summed E-state index contributed by atoms with van der Waals surface area (Å²) in [5.74, 6) is 1.50. The second-order valence-electron chi connectivity index (χ2n) is 5.67. The van der Waals surface area contributed by atoms with Crippen LogP contribution in [0.4, 0.5) is 13.2 Å². The Labute approximate surface area is 170 Å². The van der Waals surface area contributed by atoms with Gasteiger partial charge >= 0.3 is 6.18 Å². The lowest BCUT2D eigenvalue weighted by molar-refractivity contribution is -0.137. The maximum Gasteiger partial charge on any atom is 0.417 e. The predicted octanol–water partition coefficient (Wildman–Crippen LogP) is 5.95. The molecule has 0 aliphatic heterocycles. The highest BCUT2D eigenvalue weighted by molar-refractivity contribution is 6.55. The van der Waals surface area contributed by atoms with E-state index in [0.717, 1.165) is 17.8 Å². The first-order valence-electron chi connectivity index (χ1n) is 8.29. The zero-order valence-electron chi connectivity index (χ0n) is 14.9. The Balaban J connectivity index is 1.72. The van der Waals surface area contributed by atoms with Crippen LogP contribution in [0.1, 0.15) is 17.5 Å². The average Bonchev–Trinajstić information content (AvgIpc) is 2.62. The number of ether oxygens (including phenoxy) is 3. The van der Waals surface area contributed by atoms with E-state index in [1.807, 2.05) is 13.0 Å². The highest BCUT2D eigenvalue weighted by Gasteiger charge is 2.30. The molecular formula is C19H18Cl2F3NO3. The van der Waals surface area contributed by atoms with Crippen LogP contribution in [0.2, 0.25) is 0 Å². The van der Waals surface area contributed by atoms with Crippen LogP contribution in [0.3, 0.4) is 0 Å². The van der Waals surface area contributed by atoms with Crippen molar-refractivity contribution in [1.29, 1.82) is 0 Å². The van der Waals surface area contributed by atoms with E-state index in [2.05, 4.69) is 4.98 Å². The highest BCUT2D eigenvalue weighted by atomic mass is 35.5. The Morgan fingerprint density at radius 3 is 2.43 bits per heavy atom. The van der Waals surface area contributed by atoms with E-state index in [1.165, 1.54) is 12.1 Å². The standard InChI is InChI=1S/C19H18Cl2F3NO3/c1-13-11-15(26-10-7-17(20)21)4-5-16(13)27-8-2-9-28-18-6-3-14(12-25-18)19(22,23)24/h3-7,11-12H,2,8-10H2,1H3. The lowest BCUT2D eigenvalue weighted by Gasteiger charge is -2.12. The fraction of sp³-hybridized carbons (Fsp3) is 0.316. The number of hydrogen-bond acceptors (Lipinski definition) is 4. The van der Waals surface area contributed by atoms with Gasteiger partial charge in [0.05, 0.1) is 18.8 Å².